The summed E-state index contributed by atoms with van der Waals surface area (Å²) in [4.78, 5) is 14.9. The van der Waals surface area contributed by atoms with Crippen LogP contribution in [0.4, 0.5) is 0 Å². The molecule has 0 amide bonds. The van der Waals surface area contributed by atoms with Crippen LogP contribution >= 0.6 is 0 Å². The van der Waals surface area contributed by atoms with Crippen molar-refractivity contribution in [2.45, 2.75) is 32.4 Å². The van der Waals surface area contributed by atoms with Crippen LogP contribution in [-0.4, -0.2) is 28.7 Å². The van der Waals surface area contributed by atoms with E-state index < -0.39 is 12.0 Å². The first-order valence-electron chi connectivity index (χ1n) is 8.90. The number of nitrogens with one attached hydrogen (secondary N) is 2. The lowest BCUT2D eigenvalue weighted by Crippen LogP contribution is -2.38. The fourth-order valence-corrected chi connectivity index (χ4v) is 2.93. The van der Waals surface area contributed by atoms with E-state index in [0.29, 0.717) is 19.6 Å². The van der Waals surface area contributed by atoms with E-state index in [9.17, 15) is 9.90 Å². The van der Waals surface area contributed by atoms with Crippen molar-refractivity contribution in [2.75, 3.05) is 6.61 Å². The maximum atomic E-state index is 11.7. The number of H-pyrrole nitrogens is 1. The Balaban J connectivity index is 1.63. The quantitative estimate of drug-likeness (QED) is 0.548. The monoisotopic (exact) mass is 352 g/mol. The van der Waals surface area contributed by atoms with E-state index in [2.05, 4.69) is 17.2 Å². The predicted molar refractivity (Wildman–Crippen MR) is 102 cm³/mol. The highest BCUT2D eigenvalue weighted by molar-refractivity contribution is 5.84. The molecule has 0 fully saturated rings. The second kappa shape index (κ2) is 8.54. The molecular weight excluding hydrogens is 328 g/mol. The maximum absolute atomic E-state index is 11.7. The average molecular weight is 352 g/mol. The predicted octanol–water partition coefficient (Wildman–Crippen LogP) is 3.74. The van der Waals surface area contributed by atoms with E-state index in [1.165, 1.54) is 0 Å². The molecular formula is C21H24N2O3. The number of ether oxygens (including phenoxy) is 1. The normalized spacial score (nSPS) is 12.2. The third-order valence-electron chi connectivity index (χ3n) is 4.35. The zero-order chi connectivity index (χ0) is 18.4. The van der Waals surface area contributed by atoms with E-state index in [-0.39, 0.29) is 0 Å². The molecule has 5 heteroatoms. The molecule has 0 spiro atoms. The summed E-state index contributed by atoms with van der Waals surface area (Å²) < 4.78 is 5.57. The van der Waals surface area contributed by atoms with Gasteiger partial charge in [-0.2, -0.15) is 0 Å². The highest BCUT2D eigenvalue weighted by atomic mass is 16.5. The molecule has 2 aromatic carbocycles. The largest absolute Gasteiger partial charge is 0.494 e. The standard InChI is InChI=1S/C21H24N2O3/c1-2-11-26-17-9-7-15(8-10-17)13-22-20(21(24)25)12-16-14-23-19-6-4-3-5-18(16)19/h3-10,14,20,22-23H,2,11-13H2,1H3,(H,24,25). The lowest BCUT2D eigenvalue weighted by atomic mass is 10.0. The lowest BCUT2D eigenvalue weighted by Gasteiger charge is -2.14. The summed E-state index contributed by atoms with van der Waals surface area (Å²) in [6.45, 7) is 3.26. The molecule has 1 heterocycles. The summed E-state index contributed by atoms with van der Waals surface area (Å²) in [5.41, 5.74) is 3.05. The number of carboxylic acids is 1. The van der Waals surface area contributed by atoms with Crippen LogP contribution in [0.15, 0.2) is 54.7 Å². The smallest absolute Gasteiger partial charge is 0.321 e. The fraction of sp³-hybridized carbons (Fsp3) is 0.286. The third-order valence-corrected chi connectivity index (χ3v) is 4.35. The van der Waals surface area contributed by atoms with Gasteiger partial charge in [-0.3, -0.25) is 4.79 Å². The number of carbonyl (C=O) groups is 1. The number of aromatic amines is 1. The molecule has 1 aromatic heterocycles. The van der Waals surface area contributed by atoms with Crippen LogP contribution in [0.3, 0.4) is 0 Å². The number of rotatable bonds is 9. The second-order valence-electron chi connectivity index (χ2n) is 6.33. The van der Waals surface area contributed by atoms with Gasteiger partial charge in [0.2, 0.25) is 0 Å². The van der Waals surface area contributed by atoms with Crippen LogP contribution in [0.1, 0.15) is 24.5 Å². The summed E-state index contributed by atoms with van der Waals surface area (Å²) in [5.74, 6) is -0.0117. The molecule has 3 aromatic rings. The molecule has 1 unspecified atom stereocenters. The molecule has 0 radical (unpaired) electrons. The Labute approximate surface area is 153 Å². The molecule has 26 heavy (non-hydrogen) atoms. The van der Waals surface area contributed by atoms with Gasteiger partial charge in [0.1, 0.15) is 11.8 Å². The van der Waals surface area contributed by atoms with Crippen LogP contribution in [0, 0.1) is 0 Å². The van der Waals surface area contributed by atoms with Crippen molar-refractivity contribution in [3.8, 4) is 5.75 Å². The van der Waals surface area contributed by atoms with Gasteiger partial charge in [-0.15, -0.1) is 0 Å². The molecule has 136 valence electrons. The van der Waals surface area contributed by atoms with Gasteiger partial charge in [-0.25, -0.2) is 0 Å². The molecule has 0 saturated carbocycles. The molecule has 0 saturated heterocycles. The van der Waals surface area contributed by atoms with Gasteiger partial charge >= 0.3 is 5.97 Å². The van der Waals surface area contributed by atoms with E-state index in [4.69, 9.17) is 4.74 Å². The SMILES string of the molecule is CCCOc1ccc(CNC(Cc2c[nH]c3ccccc23)C(=O)O)cc1. The minimum Gasteiger partial charge on any atom is -0.494 e. The Hall–Kier alpha value is -2.79. The number of hydrogen-bond donors (Lipinski definition) is 3. The molecule has 5 nitrogen and oxygen atoms in total. The van der Waals surface area contributed by atoms with E-state index in [1.807, 2.05) is 54.7 Å². The van der Waals surface area contributed by atoms with Crippen molar-refractivity contribution in [1.29, 1.82) is 0 Å². The summed E-state index contributed by atoms with van der Waals surface area (Å²) in [7, 11) is 0. The van der Waals surface area contributed by atoms with Gasteiger partial charge in [0.25, 0.3) is 0 Å². The van der Waals surface area contributed by atoms with Crippen LogP contribution in [0.2, 0.25) is 0 Å². The number of carboxylic acid groups (broad SMARTS) is 1. The van der Waals surface area contributed by atoms with Crippen LogP contribution in [0.5, 0.6) is 5.75 Å². The molecule has 0 aliphatic rings. The van der Waals surface area contributed by atoms with Crippen LogP contribution in [0.25, 0.3) is 10.9 Å². The van der Waals surface area contributed by atoms with Gasteiger partial charge in [0, 0.05) is 30.1 Å². The zero-order valence-electron chi connectivity index (χ0n) is 14.9. The van der Waals surface area contributed by atoms with Crippen molar-refractivity contribution in [1.82, 2.24) is 10.3 Å². The first-order valence-corrected chi connectivity index (χ1v) is 8.90. The van der Waals surface area contributed by atoms with Crippen molar-refractivity contribution >= 4 is 16.9 Å². The van der Waals surface area contributed by atoms with Gasteiger partial charge in [-0.1, -0.05) is 37.3 Å². The first kappa shape index (κ1) is 18.0. The Morgan fingerprint density at radius 2 is 1.96 bits per heavy atom. The fourth-order valence-electron chi connectivity index (χ4n) is 2.93. The third kappa shape index (κ3) is 4.43. The number of aromatic nitrogens is 1. The number of aliphatic carboxylic acids is 1. The summed E-state index contributed by atoms with van der Waals surface area (Å²) in [6.07, 6.45) is 3.29. The number of fused-ring (bicyclic) bond motifs is 1. The minimum absolute atomic E-state index is 0.428. The Kier molecular flexibility index (Phi) is 5.92. The Bertz CT molecular complexity index is 855. The van der Waals surface area contributed by atoms with Gasteiger partial charge in [-0.05, 0) is 35.7 Å². The zero-order valence-corrected chi connectivity index (χ0v) is 14.9. The molecule has 0 bridgehead atoms. The van der Waals surface area contributed by atoms with Crippen molar-refractivity contribution in [3.05, 3.63) is 65.9 Å². The van der Waals surface area contributed by atoms with Crippen LogP contribution < -0.4 is 10.1 Å². The Morgan fingerprint density at radius 1 is 1.19 bits per heavy atom. The molecule has 3 N–H and O–H groups in total. The minimum atomic E-state index is -0.849. The Morgan fingerprint density at radius 3 is 2.69 bits per heavy atom. The van der Waals surface area contributed by atoms with Crippen molar-refractivity contribution in [3.63, 3.8) is 0 Å². The number of benzene rings is 2. The summed E-state index contributed by atoms with van der Waals surface area (Å²) in [5, 5.41) is 13.8. The molecule has 0 aliphatic carbocycles. The van der Waals surface area contributed by atoms with Gasteiger partial charge in [0.05, 0.1) is 6.61 Å². The first-order chi connectivity index (χ1) is 12.7. The van der Waals surface area contributed by atoms with E-state index in [1.54, 1.807) is 0 Å². The van der Waals surface area contributed by atoms with Crippen molar-refractivity contribution < 1.29 is 14.6 Å². The molecule has 1 atom stereocenters. The molecule has 3 rings (SSSR count). The average Bonchev–Trinajstić information content (AvgIpc) is 3.07. The lowest BCUT2D eigenvalue weighted by molar-refractivity contribution is -0.139. The number of para-hydroxylation sites is 1. The topological polar surface area (TPSA) is 74.3 Å². The maximum Gasteiger partial charge on any atom is 0.321 e. The van der Waals surface area contributed by atoms with E-state index >= 15 is 0 Å². The highest BCUT2D eigenvalue weighted by Crippen LogP contribution is 2.19. The molecule has 0 aliphatic heterocycles. The van der Waals surface area contributed by atoms with Crippen molar-refractivity contribution in [2.24, 2.45) is 0 Å². The van der Waals surface area contributed by atoms with Gasteiger partial charge < -0.3 is 20.1 Å². The van der Waals surface area contributed by atoms with Gasteiger partial charge in [0.15, 0.2) is 0 Å². The highest BCUT2D eigenvalue weighted by Gasteiger charge is 2.19. The summed E-state index contributed by atoms with van der Waals surface area (Å²) in [6, 6.07) is 15.0. The van der Waals surface area contributed by atoms with Crippen LogP contribution in [-0.2, 0) is 17.8 Å². The number of hydrogen-bond acceptors (Lipinski definition) is 3. The summed E-state index contributed by atoms with van der Waals surface area (Å²) >= 11 is 0. The van der Waals surface area contributed by atoms with E-state index in [0.717, 1.165) is 34.2 Å². The second-order valence-corrected chi connectivity index (χ2v) is 6.33.